The third-order valence-electron chi connectivity index (χ3n) is 2.35. The highest BCUT2D eigenvalue weighted by molar-refractivity contribution is 7.99. The number of nitrogen functional groups attached to an aromatic ring is 1. The Morgan fingerprint density at radius 1 is 1.58 bits per heavy atom. The van der Waals surface area contributed by atoms with Gasteiger partial charge < -0.3 is 10.5 Å². The average molecular weight is 281 g/mol. The summed E-state index contributed by atoms with van der Waals surface area (Å²) in [5, 5.41) is 7.05. The van der Waals surface area contributed by atoms with E-state index >= 15 is 0 Å². The summed E-state index contributed by atoms with van der Waals surface area (Å²) in [4.78, 5) is 26.8. The van der Waals surface area contributed by atoms with Gasteiger partial charge in [0.2, 0.25) is 0 Å². The van der Waals surface area contributed by atoms with Crippen LogP contribution in [-0.2, 0) is 11.8 Å². The van der Waals surface area contributed by atoms with Crippen LogP contribution >= 0.6 is 11.8 Å². The fraction of sp³-hybridized carbons (Fsp3) is 0.200. The summed E-state index contributed by atoms with van der Waals surface area (Å²) in [6.45, 7) is 0. The standard InChI is InChI=1S/C10H11N5O3S/c1-15-9(17)13-14-10(15)19-7-3-5(8(16)18-2)6(11)4-12-7/h3-4H,11H2,1-2H3,(H,13,17). The molecular weight excluding hydrogens is 270 g/mol. The lowest BCUT2D eigenvalue weighted by Gasteiger charge is -2.05. The highest BCUT2D eigenvalue weighted by atomic mass is 32.2. The molecule has 0 aliphatic rings. The number of esters is 1. The number of anilines is 1. The maximum Gasteiger partial charge on any atom is 0.343 e. The van der Waals surface area contributed by atoms with Crippen molar-refractivity contribution < 1.29 is 9.53 Å². The molecule has 2 aromatic heterocycles. The molecule has 0 bridgehead atoms. The van der Waals surface area contributed by atoms with Crippen molar-refractivity contribution in [3.8, 4) is 0 Å². The number of hydrogen-bond donors (Lipinski definition) is 2. The van der Waals surface area contributed by atoms with Crippen molar-refractivity contribution >= 4 is 23.4 Å². The summed E-state index contributed by atoms with van der Waals surface area (Å²) >= 11 is 1.13. The lowest BCUT2D eigenvalue weighted by Crippen LogP contribution is -2.13. The molecule has 0 amide bonds. The number of carbonyl (C=O) groups excluding carboxylic acids is 1. The number of hydrogen-bond acceptors (Lipinski definition) is 7. The molecule has 0 fully saturated rings. The number of H-pyrrole nitrogens is 1. The molecule has 0 saturated heterocycles. The molecule has 100 valence electrons. The van der Waals surface area contributed by atoms with Gasteiger partial charge in [0.05, 0.1) is 24.6 Å². The number of nitrogens with one attached hydrogen (secondary N) is 1. The van der Waals surface area contributed by atoms with Crippen molar-refractivity contribution in [2.45, 2.75) is 10.2 Å². The van der Waals surface area contributed by atoms with Crippen molar-refractivity contribution in [1.82, 2.24) is 19.7 Å². The number of aromatic amines is 1. The minimum absolute atomic E-state index is 0.223. The molecule has 0 radical (unpaired) electrons. The molecule has 8 nitrogen and oxygen atoms in total. The van der Waals surface area contributed by atoms with Gasteiger partial charge in [-0.3, -0.25) is 4.57 Å². The zero-order chi connectivity index (χ0) is 14.0. The third-order valence-corrected chi connectivity index (χ3v) is 3.33. The highest BCUT2D eigenvalue weighted by Crippen LogP contribution is 2.25. The molecule has 2 aromatic rings. The number of nitrogens with two attached hydrogens (primary N) is 1. The van der Waals surface area contributed by atoms with Gasteiger partial charge in [0.1, 0.15) is 5.03 Å². The van der Waals surface area contributed by atoms with E-state index in [1.807, 2.05) is 0 Å². The molecule has 0 aromatic carbocycles. The van der Waals surface area contributed by atoms with E-state index in [9.17, 15) is 9.59 Å². The molecule has 0 aliphatic heterocycles. The van der Waals surface area contributed by atoms with Gasteiger partial charge in [0, 0.05) is 7.05 Å². The first-order valence-corrected chi connectivity index (χ1v) is 5.97. The number of methoxy groups -OCH3 is 1. The Bertz CT molecular complexity index is 678. The summed E-state index contributed by atoms with van der Waals surface area (Å²) < 4.78 is 5.95. The van der Waals surface area contributed by atoms with Crippen LogP contribution < -0.4 is 11.4 Å². The van der Waals surface area contributed by atoms with Crippen LogP contribution in [-0.4, -0.2) is 32.8 Å². The maximum absolute atomic E-state index is 11.5. The van der Waals surface area contributed by atoms with Crippen molar-refractivity contribution in [3.05, 3.63) is 28.3 Å². The largest absolute Gasteiger partial charge is 0.465 e. The summed E-state index contributed by atoms with van der Waals surface area (Å²) in [5.41, 5.74) is 5.77. The van der Waals surface area contributed by atoms with Crippen LogP contribution in [0.2, 0.25) is 0 Å². The molecule has 9 heteroatoms. The Kier molecular flexibility index (Phi) is 3.56. The normalized spacial score (nSPS) is 10.4. The smallest absolute Gasteiger partial charge is 0.343 e. The molecule has 0 aliphatic carbocycles. The Balaban J connectivity index is 2.34. The topological polar surface area (TPSA) is 116 Å². The summed E-state index contributed by atoms with van der Waals surface area (Å²) in [7, 11) is 2.85. The van der Waals surface area contributed by atoms with Crippen LogP contribution in [0.25, 0.3) is 0 Å². The fourth-order valence-corrected chi connectivity index (χ4v) is 2.09. The van der Waals surface area contributed by atoms with E-state index in [-0.39, 0.29) is 16.9 Å². The minimum atomic E-state index is -0.544. The Hall–Kier alpha value is -2.29. The summed E-state index contributed by atoms with van der Waals surface area (Å²) in [6, 6.07) is 1.49. The number of nitrogens with zero attached hydrogens (tertiary/aromatic N) is 3. The molecule has 0 spiro atoms. The Labute approximate surface area is 112 Å². The number of rotatable bonds is 3. The molecule has 0 unspecified atom stereocenters. The molecule has 0 saturated carbocycles. The minimum Gasteiger partial charge on any atom is -0.465 e. The Morgan fingerprint density at radius 2 is 2.32 bits per heavy atom. The predicted octanol–water partition coefficient (Wildman–Crippen LogP) is 0.0234. The quantitative estimate of drug-likeness (QED) is 0.762. The van der Waals surface area contributed by atoms with Gasteiger partial charge in [-0.2, -0.15) is 0 Å². The van der Waals surface area contributed by atoms with E-state index in [0.717, 1.165) is 11.8 Å². The average Bonchev–Trinajstić information content (AvgIpc) is 2.72. The van der Waals surface area contributed by atoms with Crippen molar-refractivity contribution in [2.24, 2.45) is 7.05 Å². The second-order valence-electron chi connectivity index (χ2n) is 3.57. The first-order valence-electron chi connectivity index (χ1n) is 5.16. The van der Waals surface area contributed by atoms with Crippen molar-refractivity contribution in [2.75, 3.05) is 12.8 Å². The fourth-order valence-electron chi connectivity index (χ4n) is 1.31. The van der Waals surface area contributed by atoms with Crippen LogP contribution in [0.5, 0.6) is 0 Å². The van der Waals surface area contributed by atoms with Crippen LogP contribution in [0, 0.1) is 0 Å². The van der Waals surface area contributed by atoms with Crippen LogP contribution in [0.15, 0.2) is 27.2 Å². The van der Waals surface area contributed by atoms with E-state index in [0.29, 0.717) is 10.2 Å². The van der Waals surface area contributed by atoms with Gasteiger partial charge in [0.25, 0.3) is 0 Å². The van der Waals surface area contributed by atoms with E-state index in [1.165, 1.54) is 23.9 Å². The van der Waals surface area contributed by atoms with Gasteiger partial charge in [-0.1, -0.05) is 0 Å². The lowest BCUT2D eigenvalue weighted by molar-refractivity contribution is 0.0601. The van der Waals surface area contributed by atoms with Crippen LogP contribution in [0.3, 0.4) is 0 Å². The second kappa shape index (κ2) is 5.14. The number of aromatic nitrogens is 4. The molecule has 2 rings (SSSR count). The van der Waals surface area contributed by atoms with Gasteiger partial charge in [-0.05, 0) is 17.8 Å². The van der Waals surface area contributed by atoms with Crippen LogP contribution in [0.1, 0.15) is 10.4 Å². The van der Waals surface area contributed by atoms with Gasteiger partial charge in [0.15, 0.2) is 5.16 Å². The summed E-state index contributed by atoms with van der Waals surface area (Å²) in [6.07, 6.45) is 1.36. The second-order valence-corrected chi connectivity index (χ2v) is 4.56. The lowest BCUT2D eigenvalue weighted by atomic mass is 10.2. The van der Waals surface area contributed by atoms with E-state index in [2.05, 4.69) is 19.9 Å². The highest BCUT2D eigenvalue weighted by Gasteiger charge is 2.14. The zero-order valence-corrected chi connectivity index (χ0v) is 11.0. The molecular formula is C10H11N5O3S. The first kappa shape index (κ1) is 13.1. The molecule has 0 atom stereocenters. The predicted molar refractivity (Wildman–Crippen MR) is 67.9 cm³/mol. The molecule has 2 heterocycles. The number of pyridine rings is 1. The monoisotopic (exact) mass is 281 g/mol. The van der Waals surface area contributed by atoms with E-state index in [4.69, 9.17) is 5.73 Å². The summed E-state index contributed by atoms with van der Waals surface area (Å²) in [5.74, 6) is -0.544. The van der Waals surface area contributed by atoms with Crippen LogP contribution in [0.4, 0.5) is 5.69 Å². The molecule has 19 heavy (non-hydrogen) atoms. The van der Waals surface area contributed by atoms with Gasteiger partial charge in [-0.15, -0.1) is 5.10 Å². The SMILES string of the molecule is COC(=O)c1cc(Sc2n[nH]c(=O)n2C)ncc1N. The number of carbonyl (C=O) groups is 1. The number of ether oxygens (including phenoxy) is 1. The molecule has 3 N–H and O–H groups in total. The van der Waals surface area contributed by atoms with E-state index < -0.39 is 5.97 Å². The maximum atomic E-state index is 11.5. The first-order chi connectivity index (χ1) is 9.02. The van der Waals surface area contributed by atoms with Gasteiger partial charge in [-0.25, -0.2) is 19.7 Å². The van der Waals surface area contributed by atoms with Crippen molar-refractivity contribution in [3.63, 3.8) is 0 Å². The third kappa shape index (κ3) is 2.60. The Morgan fingerprint density at radius 3 is 2.89 bits per heavy atom. The van der Waals surface area contributed by atoms with E-state index in [1.54, 1.807) is 7.05 Å². The zero-order valence-electron chi connectivity index (χ0n) is 10.2. The van der Waals surface area contributed by atoms with Gasteiger partial charge >= 0.3 is 11.7 Å². The van der Waals surface area contributed by atoms with Crippen molar-refractivity contribution in [1.29, 1.82) is 0 Å².